The molecule has 0 aliphatic carbocycles. The first-order valence-corrected chi connectivity index (χ1v) is 7.12. The Morgan fingerprint density at radius 1 is 1.33 bits per heavy atom. The summed E-state index contributed by atoms with van der Waals surface area (Å²) in [6, 6.07) is 7.49. The molecule has 21 heavy (non-hydrogen) atoms. The first kappa shape index (κ1) is 15.1. The SMILES string of the molecule is CCCOc1ccc(Br)cc1-c1nc(N)nc(N)c1C#N. The number of halogens is 1. The van der Waals surface area contributed by atoms with Crippen LogP contribution < -0.4 is 16.2 Å². The van der Waals surface area contributed by atoms with Crippen LogP contribution in [0.15, 0.2) is 22.7 Å². The molecule has 0 unspecified atom stereocenters. The van der Waals surface area contributed by atoms with Gasteiger partial charge in [-0.1, -0.05) is 22.9 Å². The van der Waals surface area contributed by atoms with E-state index in [1.807, 2.05) is 31.2 Å². The number of hydrogen-bond donors (Lipinski definition) is 2. The molecular weight excluding hydrogens is 334 g/mol. The Bertz CT molecular complexity index is 711. The van der Waals surface area contributed by atoms with E-state index in [1.54, 1.807) is 0 Å². The molecule has 0 amide bonds. The number of nitriles is 1. The summed E-state index contributed by atoms with van der Waals surface area (Å²) in [6.07, 6.45) is 0.870. The molecule has 0 aliphatic heterocycles. The number of nitrogen functional groups attached to an aromatic ring is 2. The van der Waals surface area contributed by atoms with Crippen molar-refractivity contribution >= 4 is 27.7 Å². The number of ether oxygens (including phenoxy) is 1. The van der Waals surface area contributed by atoms with Crippen LogP contribution in [0.25, 0.3) is 11.3 Å². The van der Waals surface area contributed by atoms with Gasteiger partial charge in [0.1, 0.15) is 23.2 Å². The van der Waals surface area contributed by atoms with Crippen molar-refractivity contribution in [3.8, 4) is 23.1 Å². The van der Waals surface area contributed by atoms with Gasteiger partial charge in [0, 0.05) is 10.0 Å². The minimum Gasteiger partial charge on any atom is -0.493 e. The molecule has 0 saturated heterocycles. The second-order valence-corrected chi connectivity index (χ2v) is 5.21. The zero-order chi connectivity index (χ0) is 15.4. The second-order valence-electron chi connectivity index (χ2n) is 4.29. The Morgan fingerprint density at radius 2 is 2.10 bits per heavy atom. The molecule has 0 radical (unpaired) electrons. The predicted molar refractivity (Wildman–Crippen MR) is 84.5 cm³/mol. The highest BCUT2D eigenvalue weighted by Gasteiger charge is 2.17. The molecule has 2 rings (SSSR count). The summed E-state index contributed by atoms with van der Waals surface area (Å²) < 4.78 is 6.54. The van der Waals surface area contributed by atoms with Crippen LogP contribution in [0.3, 0.4) is 0 Å². The molecule has 6 nitrogen and oxygen atoms in total. The van der Waals surface area contributed by atoms with Gasteiger partial charge in [-0.15, -0.1) is 0 Å². The maximum Gasteiger partial charge on any atom is 0.222 e. The van der Waals surface area contributed by atoms with Crippen molar-refractivity contribution < 1.29 is 4.74 Å². The average Bonchev–Trinajstić information content (AvgIpc) is 2.45. The molecule has 1 aromatic heterocycles. The smallest absolute Gasteiger partial charge is 0.222 e. The maximum atomic E-state index is 9.28. The van der Waals surface area contributed by atoms with Gasteiger partial charge in [0.25, 0.3) is 0 Å². The van der Waals surface area contributed by atoms with Gasteiger partial charge in [0.15, 0.2) is 0 Å². The lowest BCUT2D eigenvalue weighted by Crippen LogP contribution is -2.06. The van der Waals surface area contributed by atoms with Gasteiger partial charge in [-0.3, -0.25) is 0 Å². The highest BCUT2D eigenvalue weighted by Crippen LogP contribution is 2.35. The molecule has 4 N–H and O–H groups in total. The fourth-order valence-electron chi connectivity index (χ4n) is 1.83. The molecular formula is C14H14BrN5O. The Morgan fingerprint density at radius 3 is 2.76 bits per heavy atom. The van der Waals surface area contributed by atoms with Crippen molar-refractivity contribution in [2.75, 3.05) is 18.1 Å². The van der Waals surface area contributed by atoms with Gasteiger partial charge in [0.2, 0.25) is 5.95 Å². The van der Waals surface area contributed by atoms with Crippen molar-refractivity contribution in [1.82, 2.24) is 9.97 Å². The van der Waals surface area contributed by atoms with Crippen LogP contribution in [0.5, 0.6) is 5.75 Å². The summed E-state index contributed by atoms with van der Waals surface area (Å²) in [5, 5.41) is 9.28. The number of rotatable bonds is 4. The Balaban J connectivity index is 2.66. The number of anilines is 2. The molecule has 1 aromatic carbocycles. The summed E-state index contributed by atoms with van der Waals surface area (Å²) in [5.41, 5.74) is 12.6. The lowest BCUT2D eigenvalue weighted by atomic mass is 10.1. The van der Waals surface area contributed by atoms with E-state index in [-0.39, 0.29) is 17.3 Å². The van der Waals surface area contributed by atoms with Crippen molar-refractivity contribution in [2.24, 2.45) is 0 Å². The van der Waals surface area contributed by atoms with E-state index in [0.29, 0.717) is 23.6 Å². The molecule has 0 fully saturated rings. The molecule has 1 heterocycles. The first-order chi connectivity index (χ1) is 10.1. The molecule has 7 heteroatoms. The van der Waals surface area contributed by atoms with E-state index in [9.17, 15) is 5.26 Å². The van der Waals surface area contributed by atoms with Gasteiger partial charge in [-0.2, -0.15) is 10.2 Å². The summed E-state index contributed by atoms with van der Waals surface area (Å²) in [7, 11) is 0. The zero-order valence-corrected chi connectivity index (χ0v) is 13.0. The summed E-state index contributed by atoms with van der Waals surface area (Å²) >= 11 is 3.40. The average molecular weight is 348 g/mol. The van der Waals surface area contributed by atoms with Crippen molar-refractivity contribution in [3.63, 3.8) is 0 Å². The van der Waals surface area contributed by atoms with Crippen molar-refractivity contribution in [3.05, 3.63) is 28.2 Å². The Hall–Kier alpha value is -2.33. The fraction of sp³-hybridized carbons (Fsp3) is 0.214. The van der Waals surface area contributed by atoms with E-state index in [4.69, 9.17) is 16.2 Å². The van der Waals surface area contributed by atoms with Crippen LogP contribution in [0.4, 0.5) is 11.8 Å². The summed E-state index contributed by atoms with van der Waals surface area (Å²) in [4.78, 5) is 7.96. The van der Waals surface area contributed by atoms with Crippen LogP contribution in [0.2, 0.25) is 0 Å². The zero-order valence-electron chi connectivity index (χ0n) is 11.4. The van der Waals surface area contributed by atoms with Crippen LogP contribution in [0.1, 0.15) is 18.9 Å². The number of hydrogen-bond acceptors (Lipinski definition) is 6. The Labute approximate surface area is 130 Å². The highest BCUT2D eigenvalue weighted by molar-refractivity contribution is 9.10. The van der Waals surface area contributed by atoms with Crippen molar-refractivity contribution in [2.45, 2.75) is 13.3 Å². The molecule has 0 aliphatic rings. The number of benzene rings is 1. The number of nitrogens with two attached hydrogens (primary N) is 2. The van der Waals surface area contributed by atoms with E-state index in [0.717, 1.165) is 10.9 Å². The molecule has 108 valence electrons. The quantitative estimate of drug-likeness (QED) is 0.879. The van der Waals surface area contributed by atoms with Crippen LogP contribution in [0, 0.1) is 11.3 Å². The van der Waals surface area contributed by atoms with Crippen molar-refractivity contribution in [1.29, 1.82) is 5.26 Å². The third-order valence-corrected chi connectivity index (χ3v) is 3.22. The van der Waals surface area contributed by atoms with Crippen LogP contribution >= 0.6 is 15.9 Å². The summed E-state index contributed by atoms with van der Waals surface area (Å²) in [6.45, 7) is 2.58. The van der Waals surface area contributed by atoms with Crippen LogP contribution in [-0.2, 0) is 0 Å². The van der Waals surface area contributed by atoms with Gasteiger partial charge >= 0.3 is 0 Å². The maximum absolute atomic E-state index is 9.28. The number of nitrogens with zero attached hydrogens (tertiary/aromatic N) is 3. The predicted octanol–water partition coefficient (Wildman–Crippen LogP) is 2.73. The molecule has 2 aromatic rings. The van der Waals surface area contributed by atoms with E-state index in [2.05, 4.69) is 25.9 Å². The number of aromatic nitrogens is 2. The molecule has 0 spiro atoms. The van der Waals surface area contributed by atoms with Gasteiger partial charge in [0.05, 0.1) is 12.3 Å². The first-order valence-electron chi connectivity index (χ1n) is 6.32. The lowest BCUT2D eigenvalue weighted by Gasteiger charge is -2.13. The molecule has 0 atom stereocenters. The lowest BCUT2D eigenvalue weighted by molar-refractivity contribution is 0.318. The normalized spacial score (nSPS) is 10.1. The minimum absolute atomic E-state index is 0.0166. The Kier molecular flexibility index (Phi) is 4.60. The topological polar surface area (TPSA) is 111 Å². The van der Waals surface area contributed by atoms with Gasteiger partial charge < -0.3 is 16.2 Å². The van der Waals surface area contributed by atoms with Gasteiger partial charge in [-0.05, 0) is 24.6 Å². The second kappa shape index (κ2) is 6.41. The molecule has 0 bridgehead atoms. The van der Waals surface area contributed by atoms with E-state index < -0.39 is 0 Å². The highest BCUT2D eigenvalue weighted by atomic mass is 79.9. The molecule has 0 saturated carbocycles. The van der Waals surface area contributed by atoms with E-state index in [1.165, 1.54) is 0 Å². The van der Waals surface area contributed by atoms with Gasteiger partial charge in [-0.25, -0.2) is 4.98 Å². The largest absolute Gasteiger partial charge is 0.493 e. The fourth-order valence-corrected chi connectivity index (χ4v) is 2.19. The standard InChI is InChI=1S/C14H14BrN5O/c1-2-5-21-11-4-3-8(15)6-9(11)12-10(7-16)13(17)20-14(18)19-12/h3-4,6H,2,5H2,1H3,(H4,17,18,19,20). The summed E-state index contributed by atoms with van der Waals surface area (Å²) in [5.74, 6) is 0.693. The van der Waals surface area contributed by atoms with Crippen LogP contribution in [-0.4, -0.2) is 16.6 Å². The van der Waals surface area contributed by atoms with E-state index >= 15 is 0 Å². The third kappa shape index (κ3) is 3.23. The minimum atomic E-state index is 0.0166. The third-order valence-electron chi connectivity index (χ3n) is 2.72. The monoisotopic (exact) mass is 347 g/mol.